The van der Waals surface area contributed by atoms with Crippen LogP contribution in [-0.4, -0.2) is 32.2 Å². The van der Waals surface area contributed by atoms with Crippen molar-refractivity contribution in [3.8, 4) is 5.75 Å². The number of hydrogen-bond acceptors (Lipinski definition) is 5. The zero-order valence-electron chi connectivity index (χ0n) is 14.3. The number of pyridine rings is 1. The maximum absolute atomic E-state index is 12.3. The second-order valence-electron chi connectivity index (χ2n) is 5.69. The number of amides is 1. The molecule has 0 spiro atoms. The molecular weight excluding hydrogens is 342 g/mol. The van der Waals surface area contributed by atoms with E-state index in [-0.39, 0.29) is 11.7 Å². The standard InChI is InChI=1S/C17H21N3O4S/c1-12(17(21)19-14-7-8-18-13(2)9-14)11-25(22,23)20-15-5-4-6-16(10-15)24-3/h4-10,12,20H,11H2,1-3H3,(H,18,19,21). The van der Waals surface area contributed by atoms with Gasteiger partial charge in [-0.3, -0.25) is 14.5 Å². The van der Waals surface area contributed by atoms with E-state index in [0.29, 0.717) is 17.1 Å². The summed E-state index contributed by atoms with van der Waals surface area (Å²) in [4.78, 5) is 16.3. The van der Waals surface area contributed by atoms with Crippen molar-refractivity contribution >= 4 is 27.3 Å². The Balaban J connectivity index is 1.99. The lowest BCUT2D eigenvalue weighted by atomic mass is 10.2. The molecule has 0 fully saturated rings. The van der Waals surface area contributed by atoms with Crippen LogP contribution in [-0.2, 0) is 14.8 Å². The van der Waals surface area contributed by atoms with Gasteiger partial charge in [0, 0.05) is 23.6 Å². The number of ether oxygens (including phenoxy) is 1. The zero-order valence-corrected chi connectivity index (χ0v) is 15.1. The van der Waals surface area contributed by atoms with Gasteiger partial charge in [-0.15, -0.1) is 0 Å². The summed E-state index contributed by atoms with van der Waals surface area (Å²) in [6.45, 7) is 3.37. The van der Waals surface area contributed by atoms with Crippen LogP contribution in [0.25, 0.3) is 0 Å². The summed E-state index contributed by atoms with van der Waals surface area (Å²) in [5.41, 5.74) is 1.73. The maximum Gasteiger partial charge on any atom is 0.233 e. The Morgan fingerprint density at radius 1 is 1.24 bits per heavy atom. The van der Waals surface area contributed by atoms with E-state index in [1.165, 1.54) is 7.11 Å². The van der Waals surface area contributed by atoms with Gasteiger partial charge < -0.3 is 10.1 Å². The van der Waals surface area contributed by atoms with Crippen molar-refractivity contribution in [3.05, 3.63) is 48.3 Å². The highest BCUT2D eigenvalue weighted by atomic mass is 32.2. The van der Waals surface area contributed by atoms with Gasteiger partial charge >= 0.3 is 0 Å². The molecule has 1 aromatic carbocycles. The molecular formula is C17H21N3O4S. The average molecular weight is 363 g/mol. The van der Waals surface area contributed by atoms with E-state index in [4.69, 9.17) is 4.74 Å². The zero-order chi connectivity index (χ0) is 18.4. The summed E-state index contributed by atoms with van der Waals surface area (Å²) >= 11 is 0. The van der Waals surface area contributed by atoms with Crippen molar-refractivity contribution in [3.63, 3.8) is 0 Å². The molecule has 0 saturated carbocycles. The second-order valence-corrected chi connectivity index (χ2v) is 7.46. The molecule has 8 heteroatoms. The van der Waals surface area contributed by atoms with Crippen LogP contribution in [0.15, 0.2) is 42.6 Å². The first kappa shape index (κ1) is 18.7. The number of methoxy groups -OCH3 is 1. The quantitative estimate of drug-likeness (QED) is 0.787. The van der Waals surface area contributed by atoms with Gasteiger partial charge in [0.15, 0.2) is 0 Å². The Bertz CT molecular complexity index is 852. The molecule has 0 radical (unpaired) electrons. The van der Waals surface area contributed by atoms with Crippen LogP contribution >= 0.6 is 0 Å². The smallest absolute Gasteiger partial charge is 0.233 e. The third-order valence-corrected chi connectivity index (χ3v) is 4.91. The molecule has 0 saturated heterocycles. The number of aryl methyl sites for hydroxylation is 1. The maximum atomic E-state index is 12.3. The highest BCUT2D eigenvalue weighted by molar-refractivity contribution is 7.92. The molecule has 1 amide bonds. The fraction of sp³-hybridized carbons (Fsp3) is 0.294. The number of nitrogens with one attached hydrogen (secondary N) is 2. The molecule has 1 atom stereocenters. The summed E-state index contributed by atoms with van der Waals surface area (Å²) in [6, 6.07) is 9.95. The first-order valence-electron chi connectivity index (χ1n) is 7.67. The van der Waals surface area contributed by atoms with Crippen LogP contribution in [0.1, 0.15) is 12.6 Å². The molecule has 2 aromatic rings. The molecule has 7 nitrogen and oxygen atoms in total. The Hall–Kier alpha value is -2.61. The van der Waals surface area contributed by atoms with Crippen LogP contribution in [0.5, 0.6) is 5.75 Å². The van der Waals surface area contributed by atoms with Crippen molar-refractivity contribution in [1.82, 2.24) is 4.98 Å². The second kappa shape index (κ2) is 7.98. The Morgan fingerprint density at radius 3 is 2.68 bits per heavy atom. The lowest BCUT2D eigenvalue weighted by Crippen LogP contribution is -2.29. The van der Waals surface area contributed by atoms with E-state index in [1.54, 1.807) is 49.5 Å². The summed E-state index contributed by atoms with van der Waals surface area (Å²) < 4.78 is 32.1. The highest BCUT2D eigenvalue weighted by Gasteiger charge is 2.22. The number of nitrogens with zero attached hydrogens (tertiary/aromatic N) is 1. The molecule has 134 valence electrons. The van der Waals surface area contributed by atoms with Crippen LogP contribution in [0.2, 0.25) is 0 Å². The van der Waals surface area contributed by atoms with Gasteiger partial charge in [0.1, 0.15) is 5.75 Å². The Morgan fingerprint density at radius 2 is 2.00 bits per heavy atom. The monoisotopic (exact) mass is 363 g/mol. The van der Waals surface area contributed by atoms with Crippen molar-refractivity contribution in [1.29, 1.82) is 0 Å². The van der Waals surface area contributed by atoms with Crippen molar-refractivity contribution in [2.75, 3.05) is 22.9 Å². The molecule has 1 aromatic heterocycles. The number of carbonyl (C=O) groups is 1. The largest absolute Gasteiger partial charge is 0.497 e. The van der Waals surface area contributed by atoms with Crippen LogP contribution < -0.4 is 14.8 Å². The number of anilines is 2. The van der Waals surface area contributed by atoms with Gasteiger partial charge in [0.2, 0.25) is 15.9 Å². The topological polar surface area (TPSA) is 97.4 Å². The Labute approximate surface area is 147 Å². The van der Waals surface area contributed by atoms with E-state index >= 15 is 0 Å². The number of aromatic nitrogens is 1. The summed E-state index contributed by atoms with van der Waals surface area (Å²) in [5, 5.41) is 2.70. The molecule has 2 N–H and O–H groups in total. The highest BCUT2D eigenvalue weighted by Crippen LogP contribution is 2.19. The normalized spacial score (nSPS) is 12.3. The van der Waals surface area contributed by atoms with E-state index in [0.717, 1.165) is 5.69 Å². The number of benzene rings is 1. The minimum absolute atomic E-state index is 0.333. The minimum atomic E-state index is -3.68. The fourth-order valence-corrected chi connectivity index (χ4v) is 3.58. The van der Waals surface area contributed by atoms with Crippen molar-refractivity contribution < 1.29 is 17.9 Å². The lowest BCUT2D eigenvalue weighted by molar-refractivity contribution is -0.118. The third kappa shape index (κ3) is 5.75. The van der Waals surface area contributed by atoms with Gasteiger partial charge in [-0.1, -0.05) is 13.0 Å². The van der Waals surface area contributed by atoms with Crippen LogP contribution in [0, 0.1) is 12.8 Å². The van der Waals surface area contributed by atoms with E-state index in [2.05, 4.69) is 15.0 Å². The summed E-state index contributed by atoms with van der Waals surface area (Å²) in [5.74, 6) is -0.891. The van der Waals surface area contributed by atoms with E-state index in [9.17, 15) is 13.2 Å². The van der Waals surface area contributed by atoms with Crippen LogP contribution in [0.4, 0.5) is 11.4 Å². The molecule has 0 aliphatic carbocycles. The lowest BCUT2D eigenvalue weighted by Gasteiger charge is -2.14. The van der Waals surface area contributed by atoms with Gasteiger partial charge in [0.25, 0.3) is 0 Å². The first-order valence-corrected chi connectivity index (χ1v) is 9.32. The van der Waals surface area contributed by atoms with E-state index in [1.807, 2.05) is 6.92 Å². The SMILES string of the molecule is COc1cccc(NS(=O)(=O)CC(C)C(=O)Nc2ccnc(C)c2)c1. The Kier molecular flexibility index (Phi) is 5.97. The minimum Gasteiger partial charge on any atom is -0.497 e. The predicted molar refractivity (Wildman–Crippen MR) is 97.2 cm³/mol. The molecule has 1 unspecified atom stereocenters. The summed E-state index contributed by atoms with van der Waals surface area (Å²) in [6.07, 6.45) is 1.58. The van der Waals surface area contributed by atoms with Crippen molar-refractivity contribution in [2.24, 2.45) is 5.92 Å². The number of sulfonamides is 1. The molecule has 25 heavy (non-hydrogen) atoms. The fourth-order valence-electron chi connectivity index (χ4n) is 2.20. The van der Waals surface area contributed by atoms with Gasteiger partial charge in [-0.05, 0) is 31.2 Å². The molecule has 2 rings (SSSR count). The molecule has 0 aliphatic heterocycles. The van der Waals surface area contributed by atoms with Gasteiger partial charge in [-0.2, -0.15) is 0 Å². The van der Waals surface area contributed by atoms with E-state index < -0.39 is 15.9 Å². The number of rotatable bonds is 7. The predicted octanol–water partition coefficient (Wildman–Crippen LogP) is 2.42. The summed E-state index contributed by atoms with van der Waals surface area (Å²) in [7, 11) is -2.18. The molecule has 1 heterocycles. The number of hydrogen-bond donors (Lipinski definition) is 2. The van der Waals surface area contributed by atoms with Gasteiger partial charge in [0.05, 0.1) is 24.5 Å². The number of carbonyl (C=O) groups excluding carboxylic acids is 1. The van der Waals surface area contributed by atoms with Crippen molar-refractivity contribution in [2.45, 2.75) is 13.8 Å². The first-order chi connectivity index (χ1) is 11.8. The van der Waals surface area contributed by atoms with Gasteiger partial charge in [-0.25, -0.2) is 8.42 Å². The average Bonchev–Trinajstić information content (AvgIpc) is 2.54. The van der Waals surface area contributed by atoms with Crippen LogP contribution in [0.3, 0.4) is 0 Å². The third-order valence-electron chi connectivity index (χ3n) is 3.42. The molecule has 0 aliphatic rings. The molecule has 0 bridgehead atoms.